The van der Waals surface area contributed by atoms with Crippen molar-refractivity contribution >= 4 is 21.8 Å². The van der Waals surface area contributed by atoms with E-state index < -0.39 is 0 Å². The van der Waals surface area contributed by atoms with E-state index in [2.05, 4.69) is 25.9 Å². The van der Waals surface area contributed by atoms with Crippen LogP contribution in [0.2, 0.25) is 0 Å². The van der Waals surface area contributed by atoms with Crippen molar-refractivity contribution in [1.82, 2.24) is 9.97 Å². The third-order valence-corrected chi connectivity index (χ3v) is 2.57. The molecule has 0 bridgehead atoms. The molecule has 2 rings (SSSR count). The van der Waals surface area contributed by atoms with Gasteiger partial charge in [-0.2, -0.15) is 0 Å². The van der Waals surface area contributed by atoms with E-state index in [1.165, 1.54) is 0 Å². The van der Waals surface area contributed by atoms with E-state index >= 15 is 0 Å². The van der Waals surface area contributed by atoms with Crippen molar-refractivity contribution in [3.8, 4) is 11.3 Å². The molecular formula is C11H9BrN4. The molecule has 0 amide bonds. The Hall–Kier alpha value is -1.75. The molecule has 16 heavy (non-hydrogen) atoms. The quantitative estimate of drug-likeness (QED) is 0.502. The van der Waals surface area contributed by atoms with Gasteiger partial charge in [0, 0.05) is 23.5 Å². The number of rotatable bonds is 2. The van der Waals surface area contributed by atoms with Gasteiger partial charge in [0.25, 0.3) is 0 Å². The maximum absolute atomic E-state index is 7.26. The van der Waals surface area contributed by atoms with E-state index in [9.17, 15) is 0 Å². The molecule has 0 fully saturated rings. The summed E-state index contributed by atoms with van der Waals surface area (Å²) in [5, 5.41) is 7.26. The van der Waals surface area contributed by atoms with E-state index in [0.29, 0.717) is 5.56 Å². The highest BCUT2D eigenvalue weighted by Crippen LogP contribution is 2.17. The largest absolute Gasteiger partial charge is 0.384 e. The summed E-state index contributed by atoms with van der Waals surface area (Å²) in [6.45, 7) is 0. The van der Waals surface area contributed by atoms with Crippen molar-refractivity contribution in [3.05, 3.63) is 46.8 Å². The zero-order chi connectivity index (χ0) is 11.5. The number of amidine groups is 1. The van der Waals surface area contributed by atoms with Crippen molar-refractivity contribution in [2.45, 2.75) is 0 Å². The molecule has 0 aliphatic heterocycles. The van der Waals surface area contributed by atoms with Crippen LogP contribution in [0.25, 0.3) is 11.3 Å². The van der Waals surface area contributed by atoms with Gasteiger partial charge in [0.05, 0.1) is 5.69 Å². The smallest absolute Gasteiger partial charge is 0.124 e. The first kappa shape index (κ1) is 10.8. The standard InChI is InChI=1S/C11H9BrN4/c12-10-4-2-7(5-16-10)9-3-1-8(6-15-9)11(13)14/h1-6H,(H3,13,14). The first-order chi connectivity index (χ1) is 7.66. The molecule has 0 radical (unpaired) electrons. The topological polar surface area (TPSA) is 75.7 Å². The van der Waals surface area contributed by atoms with E-state index in [1.807, 2.05) is 18.2 Å². The van der Waals surface area contributed by atoms with Crippen LogP contribution in [0.4, 0.5) is 0 Å². The fourth-order valence-corrected chi connectivity index (χ4v) is 1.49. The summed E-state index contributed by atoms with van der Waals surface area (Å²) >= 11 is 3.27. The third-order valence-electron chi connectivity index (χ3n) is 2.10. The second-order valence-electron chi connectivity index (χ2n) is 3.22. The lowest BCUT2D eigenvalue weighted by molar-refractivity contribution is 1.24. The second-order valence-corrected chi connectivity index (χ2v) is 4.03. The zero-order valence-electron chi connectivity index (χ0n) is 8.31. The molecule has 2 aromatic heterocycles. The van der Waals surface area contributed by atoms with Crippen LogP contribution in [-0.2, 0) is 0 Å². The van der Waals surface area contributed by atoms with Gasteiger partial charge in [0.2, 0.25) is 0 Å². The van der Waals surface area contributed by atoms with Gasteiger partial charge in [-0.15, -0.1) is 0 Å². The van der Waals surface area contributed by atoms with Gasteiger partial charge in [-0.1, -0.05) is 0 Å². The summed E-state index contributed by atoms with van der Waals surface area (Å²) in [4.78, 5) is 8.35. The molecule has 0 saturated carbocycles. The first-order valence-electron chi connectivity index (χ1n) is 4.59. The number of nitrogens with two attached hydrogens (primary N) is 1. The molecule has 0 unspecified atom stereocenters. The Labute approximate surface area is 101 Å². The molecule has 0 aliphatic carbocycles. The monoisotopic (exact) mass is 276 g/mol. The molecule has 0 spiro atoms. The minimum Gasteiger partial charge on any atom is -0.384 e. The van der Waals surface area contributed by atoms with Crippen LogP contribution in [0.5, 0.6) is 0 Å². The third kappa shape index (κ3) is 2.25. The lowest BCUT2D eigenvalue weighted by Crippen LogP contribution is -2.11. The molecule has 0 saturated heterocycles. The highest BCUT2D eigenvalue weighted by Gasteiger charge is 2.01. The number of nitrogens with one attached hydrogen (secondary N) is 1. The van der Waals surface area contributed by atoms with Gasteiger partial charge in [0.15, 0.2) is 0 Å². The lowest BCUT2D eigenvalue weighted by atomic mass is 10.1. The summed E-state index contributed by atoms with van der Waals surface area (Å²) < 4.78 is 0.789. The van der Waals surface area contributed by atoms with Gasteiger partial charge in [-0.3, -0.25) is 10.4 Å². The van der Waals surface area contributed by atoms with E-state index in [0.717, 1.165) is 15.9 Å². The van der Waals surface area contributed by atoms with E-state index in [4.69, 9.17) is 11.1 Å². The second kappa shape index (κ2) is 4.40. The number of pyridine rings is 2. The average molecular weight is 277 g/mol. The SMILES string of the molecule is N=C(N)c1ccc(-c2ccc(Br)nc2)nc1. The van der Waals surface area contributed by atoms with Crippen LogP contribution < -0.4 is 5.73 Å². The van der Waals surface area contributed by atoms with Gasteiger partial charge in [-0.25, -0.2) is 4.98 Å². The molecular weight excluding hydrogens is 268 g/mol. The number of aromatic nitrogens is 2. The number of halogens is 1. The molecule has 0 atom stereocenters. The Balaban J connectivity index is 2.34. The summed E-state index contributed by atoms with van der Waals surface area (Å²) in [7, 11) is 0. The summed E-state index contributed by atoms with van der Waals surface area (Å²) in [6.07, 6.45) is 3.32. The van der Waals surface area contributed by atoms with Crippen LogP contribution in [-0.4, -0.2) is 15.8 Å². The van der Waals surface area contributed by atoms with Gasteiger partial charge < -0.3 is 5.73 Å². The fraction of sp³-hybridized carbons (Fsp3) is 0. The summed E-state index contributed by atoms with van der Waals surface area (Å²) in [5.41, 5.74) is 7.71. The Morgan fingerprint density at radius 2 is 1.94 bits per heavy atom. The van der Waals surface area contributed by atoms with Gasteiger partial charge in [0.1, 0.15) is 10.4 Å². The molecule has 2 heterocycles. The molecule has 5 heteroatoms. The van der Waals surface area contributed by atoms with Crippen LogP contribution >= 0.6 is 15.9 Å². The van der Waals surface area contributed by atoms with Crippen molar-refractivity contribution in [2.75, 3.05) is 0 Å². The Bertz CT molecular complexity index is 505. The molecule has 80 valence electrons. The van der Waals surface area contributed by atoms with E-state index in [-0.39, 0.29) is 5.84 Å². The Kier molecular flexibility index (Phi) is 2.96. The Morgan fingerprint density at radius 3 is 2.44 bits per heavy atom. The van der Waals surface area contributed by atoms with Crippen molar-refractivity contribution < 1.29 is 0 Å². The normalized spacial score (nSPS) is 10.1. The summed E-state index contributed by atoms with van der Waals surface area (Å²) in [5.74, 6) is 0.0213. The van der Waals surface area contributed by atoms with E-state index in [1.54, 1.807) is 18.5 Å². The van der Waals surface area contributed by atoms with Crippen LogP contribution in [0.3, 0.4) is 0 Å². The average Bonchev–Trinajstić information content (AvgIpc) is 2.30. The van der Waals surface area contributed by atoms with Crippen LogP contribution in [0.1, 0.15) is 5.56 Å². The van der Waals surface area contributed by atoms with Gasteiger partial charge in [-0.05, 0) is 40.2 Å². The number of hydrogen-bond acceptors (Lipinski definition) is 3. The number of nitrogens with zero attached hydrogens (tertiary/aromatic N) is 2. The molecule has 0 aliphatic rings. The van der Waals surface area contributed by atoms with Crippen LogP contribution in [0, 0.1) is 5.41 Å². The maximum Gasteiger partial charge on any atom is 0.124 e. The number of hydrogen-bond donors (Lipinski definition) is 2. The first-order valence-corrected chi connectivity index (χ1v) is 5.38. The Morgan fingerprint density at radius 1 is 1.12 bits per heavy atom. The van der Waals surface area contributed by atoms with Crippen molar-refractivity contribution in [1.29, 1.82) is 5.41 Å². The predicted molar refractivity (Wildman–Crippen MR) is 66.2 cm³/mol. The zero-order valence-corrected chi connectivity index (χ0v) is 9.90. The fourth-order valence-electron chi connectivity index (χ4n) is 1.25. The summed E-state index contributed by atoms with van der Waals surface area (Å²) in [6, 6.07) is 7.37. The molecule has 0 aromatic carbocycles. The maximum atomic E-state index is 7.26. The highest BCUT2D eigenvalue weighted by molar-refractivity contribution is 9.10. The minimum absolute atomic E-state index is 0.0213. The minimum atomic E-state index is 0.0213. The van der Waals surface area contributed by atoms with Crippen LogP contribution in [0.15, 0.2) is 41.3 Å². The lowest BCUT2D eigenvalue weighted by Gasteiger charge is -2.02. The highest BCUT2D eigenvalue weighted by atomic mass is 79.9. The molecule has 4 nitrogen and oxygen atoms in total. The molecule has 3 N–H and O–H groups in total. The molecule has 2 aromatic rings. The predicted octanol–water partition coefficient (Wildman–Crippen LogP) is 2.19. The number of nitrogen functional groups attached to an aromatic ring is 1. The van der Waals surface area contributed by atoms with Crippen molar-refractivity contribution in [3.63, 3.8) is 0 Å². The van der Waals surface area contributed by atoms with Gasteiger partial charge >= 0.3 is 0 Å². The van der Waals surface area contributed by atoms with Crippen molar-refractivity contribution in [2.24, 2.45) is 5.73 Å².